The molecule has 0 amide bonds. The van der Waals surface area contributed by atoms with Gasteiger partial charge in [-0.1, -0.05) is 79.9 Å². The van der Waals surface area contributed by atoms with Gasteiger partial charge in [0.1, 0.15) is 24.7 Å². The van der Waals surface area contributed by atoms with Gasteiger partial charge in [0.15, 0.2) is 0 Å². The van der Waals surface area contributed by atoms with E-state index < -0.39 is 0 Å². The van der Waals surface area contributed by atoms with E-state index in [9.17, 15) is 0 Å². The predicted molar refractivity (Wildman–Crippen MR) is 162 cm³/mol. The molecular weight excluding hydrogens is 484 g/mol. The number of benzene rings is 1. The van der Waals surface area contributed by atoms with E-state index in [1.807, 2.05) is 0 Å². The summed E-state index contributed by atoms with van der Waals surface area (Å²) in [5, 5.41) is 0. The summed E-state index contributed by atoms with van der Waals surface area (Å²) in [7, 11) is 3.59. The summed E-state index contributed by atoms with van der Waals surface area (Å²) in [5.74, 6) is 3.26. The largest absolute Gasteiger partial charge is 0.490 e. The Morgan fingerprint density at radius 2 is 1.54 bits per heavy atom. The van der Waals surface area contributed by atoms with Gasteiger partial charge in [-0.3, -0.25) is 0 Å². The summed E-state index contributed by atoms with van der Waals surface area (Å²) in [4.78, 5) is 0. The molecule has 220 valence electrons. The molecule has 1 saturated carbocycles. The van der Waals surface area contributed by atoms with Crippen LogP contribution < -0.4 is 4.74 Å². The molecule has 1 fully saturated rings. The predicted octanol–water partition coefficient (Wildman–Crippen LogP) is 9.53. The van der Waals surface area contributed by atoms with Crippen LogP contribution >= 0.6 is 0 Å². The first-order valence-electron chi connectivity index (χ1n) is 15.2. The number of ether oxygens (including phenoxy) is 4. The van der Waals surface area contributed by atoms with Crippen molar-refractivity contribution < 1.29 is 18.9 Å². The maximum Gasteiger partial charge on any atom is 0.131 e. The Kier molecular flexibility index (Phi) is 10.4. The van der Waals surface area contributed by atoms with E-state index in [1.54, 1.807) is 14.2 Å². The fraction of sp³-hybridized carbons (Fsp3) is 0.714. The van der Waals surface area contributed by atoms with Gasteiger partial charge in [-0.25, -0.2) is 0 Å². The second kappa shape index (κ2) is 12.8. The van der Waals surface area contributed by atoms with Gasteiger partial charge in [-0.05, 0) is 78.6 Å². The van der Waals surface area contributed by atoms with Crippen LogP contribution in [-0.4, -0.2) is 27.4 Å². The van der Waals surface area contributed by atoms with Crippen molar-refractivity contribution >= 4 is 0 Å². The number of hydrogen-bond acceptors (Lipinski definition) is 4. The van der Waals surface area contributed by atoms with Crippen molar-refractivity contribution in [1.82, 2.24) is 0 Å². The summed E-state index contributed by atoms with van der Waals surface area (Å²) in [5.41, 5.74) is 3.58. The monoisotopic (exact) mass is 540 g/mol. The third-order valence-corrected chi connectivity index (χ3v) is 9.25. The van der Waals surface area contributed by atoms with E-state index in [2.05, 4.69) is 92.7 Å². The molecule has 1 aromatic rings. The lowest BCUT2D eigenvalue weighted by Gasteiger charge is -2.36. The number of methoxy groups -OCH3 is 2. The van der Waals surface area contributed by atoms with Crippen molar-refractivity contribution in [2.75, 3.05) is 27.4 Å². The molecule has 0 aromatic heterocycles. The summed E-state index contributed by atoms with van der Waals surface area (Å²) in [6, 6.07) is 4.44. The molecule has 0 bridgehead atoms. The maximum absolute atomic E-state index is 6.62. The minimum absolute atomic E-state index is 0.0543. The van der Waals surface area contributed by atoms with Crippen LogP contribution in [-0.2, 0) is 14.2 Å². The van der Waals surface area contributed by atoms with Crippen molar-refractivity contribution in [2.45, 2.75) is 107 Å². The highest BCUT2D eigenvalue weighted by molar-refractivity contribution is 5.48. The summed E-state index contributed by atoms with van der Waals surface area (Å²) in [6.07, 6.45) is 12.9. The zero-order chi connectivity index (χ0) is 29.0. The Morgan fingerprint density at radius 1 is 0.923 bits per heavy atom. The van der Waals surface area contributed by atoms with Crippen LogP contribution in [0.25, 0.3) is 0 Å². The molecule has 3 rings (SSSR count). The lowest BCUT2D eigenvalue weighted by Crippen LogP contribution is -2.26. The van der Waals surface area contributed by atoms with Crippen molar-refractivity contribution in [2.24, 2.45) is 28.1 Å². The Hall–Kier alpha value is -1.78. The highest BCUT2D eigenvalue weighted by Crippen LogP contribution is 2.63. The number of allylic oxidation sites excluding steroid dienone is 3. The van der Waals surface area contributed by atoms with Crippen molar-refractivity contribution in [3.63, 3.8) is 0 Å². The summed E-state index contributed by atoms with van der Waals surface area (Å²) < 4.78 is 25.1. The third kappa shape index (κ3) is 6.93. The van der Waals surface area contributed by atoms with E-state index >= 15 is 0 Å². The van der Waals surface area contributed by atoms with E-state index in [0.29, 0.717) is 24.5 Å². The second-order valence-electron chi connectivity index (χ2n) is 13.6. The van der Waals surface area contributed by atoms with Gasteiger partial charge in [0.05, 0.1) is 12.2 Å². The molecular formula is C35H56O4. The van der Waals surface area contributed by atoms with Crippen LogP contribution in [0.3, 0.4) is 0 Å². The van der Waals surface area contributed by atoms with Crippen molar-refractivity contribution in [3.05, 3.63) is 52.8 Å². The number of hydrogen-bond donors (Lipinski definition) is 0. The summed E-state index contributed by atoms with van der Waals surface area (Å²) in [6.45, 7) is 21.1. The second-order valence-corrected chi connectivity index (χ2v) is 13.6. The average molecular weight is 541 g/mol. The molecule has 4 nitrogen and oxygen atoms in total. The molecule has 0 aliphatic heterocycles. The molecule has 2 aliphatic carbocycles. The smallest absolute Gasteiger partial charge is 0.131 e. The Bertz CT molecular complexity index is 1010. The molecule has 4 heteroatoms. The van der Waals surface area contributed by atoms with Gasteiger partial charge in [0, 0.05) is 25.3 Å². The highest BCUT2D eigenvalue weighted by atomic mass is 16.5. The van der Waals surface area contributed by atoms with E-state index in [0.717, 1.165) is 35.0 Å². The van der Waals surface area contributed by atoms with Gasteiger partial charge < -0.3 is 18.9 Å². The number of aryl methyl sites for hydroxylation is 1. The number of rotatable bonds is 15. The minimum atomic E-state index is -0.115. The zero-order valence-corrected chi connectivity index (χ0v) is 26.8. The van der Waals surface area contributed by atoms with Gasteiger partial charge in [0.25, 0.3) is 0 Å². The van der Waals surface area contributed by atoms with Crippen LogP contribution in [0.15, 0.2) is 36.1 Å². The molecule has 39 heavy (non-hydrogen) atoms. The SMILES string of the molecule is CCCC(CC)C12C=CC(OCCOc3c(C(OC)C(C)(C)C)cc(C)cc3C(OC)C(C)(C)CC)=CC1C2. The topological polar surface area (TPSA) is 36.9 Å². The fourth-order valence-electron chi connectivity index (χ4n) is 6.81. The highest BCUT2D eigenvalue weighted by Gasteiger charge is 2.56. The first-order chi connectivity index (χ1) is 18.4. The average Bonchev–Trinajstić information content (AvgIpc) is 3.60. The van der Waals surface area contributed by atoms with Crippen molar-refractivity contribution in [1.29, 1.82) is 0 Å². The van der Waals surface area contributed by atoms with Gasteiger partial charge in [-0.2, -0.15) is 0 Å². The standard InChI is InChI=1S/C35H56O4/c1-12-15-25(13-2)35-17-16-27(22-26(35)23-35)38-18-19-39-30-28(31(36-10)33(5,6)7)20-24(4)21-29(30)32(37-11)34(8,9)14-3/h16-17,20-22,25-26,31-32H,12-15,18-19,23H2,1-11H3. The Morgan fingerprint density at radius 3 is 2.05 bits per heavy atom. The van der Waals surface area contributed by atoms with Gasteiger partial charge in [0.2, 0.25) is 0 Å². The lowest BCUT2D eigenvalue weighted by atomic mass is 9.77. The van der Waals surface area contributed by atoms with Crippen LogP contribution in [0.1, 0.15) is 116 Å². The van der Waals surface area contributed by atoms with E-state index in [4.69, 9.17) is 18.9 Å². The fourth-order valence-corrected chi connectivity index (χ4v) is 6.81. The van der Waals surface area contributed by atoms with Crippen molar-refractivity contribution in [3.8, 4) is 5.75 Å². The van der Waals surface area contributed by atoms with E-state index in [1.165, 1.54) is 31.2 Å². The first-order valence-corrected chi connectivity index (χ1v) is 15.2. The minimum Gasteiger partial charge on any atom is -0.490 e. The summed E-state index contributed by atoms with van der Waals surface area (Å²) >= 11 is 0. The molecule has 1 aromatic carbocycles. The zero-order valence-electron chi connectivity index (χ0n) is 26.8. The normalized spacial score (nSPS) is 23.1. The Balaban J connectivity index is 1.81. The molecule has 2 aliphatic rings. The van der Waals surface area contributed by atoms with Gasteiger partial charge >= 0.3 is 0 Å². The molecule has 0 radical (unpaired) electrons. The van der Waals surface area contributed by atoms with E-state index in [-0.39, 0.29) is 23.0 Å². The lowest BCUT2D eigenvalue weighted by molar-refractivity contribution is -0.00259. The maximum atomic E-state index is 6.62. The molecule has 5 unspecified atom stereocenters. The molecule has 0 saturated heterocycles. The van der Waals surface area contributed by atoms with Crippen LogP contribution in [0, 0.1) is 35.0 Å². The van der Waals surface area contributed by atoms with Crippen LogP contribution in [0.5, 0.6) is 5.75 Å². The third-order valence-electron chi connectivity index (χ3n) is 9.25. The molecule has 0 heterocycles. The molecule has 0 spiro atoms. The first kappa shape index (κ1) is 31.7. The Labute approximate surface area is 239 Å². The molecule has 5 atom stereocenters. The van der Waals surface area contributed by atoms with Crippen LogP contribution in [0.4, 0.5) is 0 Å². The number of fused-ring (bicyclic) bond motifs is 1. The molecule has 0 N–H and O–H groups in total. The van der Waals surface area contributed by atoms with Crippen LogP contribution in [0.2, 0.25) is 0 Å². The quantitative estimate of drug-likeness (QED) is 0.208. The van der Waals surface area contributed by atoms with Gasteiger partial charge in [-0.15, -0.1) is 0 Å².